The number of aromatic carboxylic acids is 1. The molecule has 0 radical (unpaired) electrons. The lowest BCUT2D eigenvalue weighted by atomic mass is 10.1. The number of rotatable bonds is 4. The van der Waals surface area contributed by atoms with Gasteiger partial charge in [-0.15, -0.1) is 0 Å². The summed E-state index contributed by atoms with van der Waals surface area (Å²) < 4.78 is 0. The molecule has 0 atom stereocenters. The van der Waals surface area contributed by atoms with Crippen molar-refractivity contribution < 1.29 is 14.7 Å². The molecule has 4 nitrogen and oxygen atoms in total. The van der Waals surface area contributed by atoms with Crippen molar-refractivity contribution in [3.63, 3.8) is 0 Å². The van der Waals surface area contributed by atoms with Crippen molar-refractivity contribution in [1.82, 2.24) is 5.32 Å². The van der Waals surface area contributed by atoms with Crippen LogP contribution in [0.5, 0.6) is 0 Å². The van der Waals surface area contributed by atoms with Gasteiger partial charge in [0, 0.05) is 6.54 Å². The van der Waals surface area contributed by atoms with Crippen LogP contribution in [-0.2, 0) is 0 Å². The smallest absolute Gasteiger partial charge is 0.336 e. The number of hydrogen-bond acceptors (Lipinski definition) is 2. The van der Waals surface area contributed by atoms with Gasteiger partial charge < -0.3 is 10.4 Å². The molecule has 0 spiro atoms. The summed E-state index contributed by atoms with van der Waals surface area (Å²) in [5.74, 6) is -1.42. The summed E-state index contributed by atoms with van der Waals surface area (Å²) in [6.07, 6.45) is 0.820. The number of carboxylic acids is 1. The van der Waals surface area contributed by atoms with Gasteiger partial charge in [0.05, 0.1) is 11.1 Å². The maximum Gasteiger partial charge on any atom is 0.336 e. The average Bonchev–Trinajstić information content (AvgIpc) is 2.48. The van der Waals surface area contributed by atoms with Crippen LogP contribution < -0.4 is 5.32 Å². The molecule has 0 fully saturated rings. The molecular formula is C15H25NO3. The number of hydrogen-bond donors (Lipinski definition) is 2. The monoisotopic (exact) mass is 267 g/mol. The Balaban J connectivity index is 0. The molecule has 1 aromatic rings. The Morgan fingerprint density at radius 1 is 1.05 bits per heavy atom. The summed E-state index contributed by atoms with van der Waals surface area (Å²) in [4.78, 5) is 22.4. The zero-order valence-electron chi connectivity index (χ0n) is 12.5. The van der Waals surface area contributed by atoms with Gasteiger partial charge in [-0.25, -0.2) is 4.79 Å². The van der Waals surface area contributed by atoms with E-state index in [9.17, 15) is 9.59 Å². The maximum atomic E-state index is 11.6. The molecular weight excluding hydrogens is 242 g/mol. The molecule has 0 saturated heterocycles. The molecule has 1 rings (SSSR count). The highest BCUT2D eigenvalue weighted by molar-refractivity contribution is 6.04. The van der Waals surface area contributed by atoms with Crippen LogP contribution in [0, 0.1) is 0 Å². The minimum Gasteiger partial charge on any atom is -0.478 e. The molecule has 0 aliphatic heterocycles. The van der Waals surface area contributed by atoms with Crippen molar-refractivity contribution >= 4 is 11.9 Å². The number of nitrogens with one attached hydrogen (secondary N) is 1. The molecule has 1 amide bonds. The van der Waals surface area contributed by atoms with E-state index in [1.165, 1.54) is 12.1 Å². The first kappa shape index (κ1) is 19.5. The minimum absolute atomic E-state index is 0.0334. The fourth-order valence-electron chi connectivity index (χ4n) is 1.20. The van der Waals surface area contributed by atoms with Crippen LogP contribution in [-0.4, -0.2) is 23.5 Å². The van der Waals surface area contributed by atoms with Gasteiger partial charge in [-0.05, 0) is 18.6 Å². The van der Waals surface area contributed by atoms with E-state index >= 15 is 0 Å². The Morgan fingerprint density at radius 3 is 1.95 bits per heavy atom. The third-order valence-corrected chi connectivity index (χ3v) is 1.94. The number of carboxylic acid groups (broad SMARTS) is 1. The van der Waals surface area contributed by atoms with Gasteiger partial charge in [0.2, 0.25) is 0 Å². The van der Waals surface area contributed by atoms with Crippen LogP contribution in [0.15, 0.2) is 24.3 Å². The molecule has 0 heterocycles. The van der Waals surface area contributed by atoms with E-state index in [4.69, 9.17) is 5.11 Å². The number of benzene rings is 1. The molecule has 2 N–H and O–H groups in total. The van der Waals surface area contributed by atoms with E-state index in [0.29, 0.717) is 6.54 Å². The Hall–Kier alpha value is -1.84. The van der Waals surface area contributed by atoms with Crippen molar-refractivity contribution in [3.05, 3.63) is 35.4 Å². The highest BCUT2D eigenvalue weighted by atomic mass is 16.4. The van der Waals surface area contributed by atoms with E-state index in [2.05, 4.69) is 5.32 Å². The molecule has 0 unspecified atom stereocenters. The summed E-state index contributed by atoms with van der Waals surface area (Å²) >= 11 is 0. The Kier molecular flexibility index (Phi) is 12.9. The Bertz CT molecular complexity index is 375. The first-order valence-corrected chi connectivity index (χ1v) is 6.77. The second-order valence-electron chi connectivity index (χ2n) is 3.11. The fourth-order valence-corrected chi connectivity index (χ4v) is 1.20. The molecule has 0 aromatic heterocycles. The second kappa shape index (κ2) is 12.6. The van der Waals surface area contributed by atoms with Gasteiger partial charge in [0.15, 0.2) is 0 Å². The third-order valence-electron chi connectivity index (χ3n) is 1.94. The number of amides is 1. The van der Waals surface area contributed by atoms with Gasteiger partial charge in [0.25, 0.3) is 5.91 Å². The standard InChI is InChI=1S/C11H13NO3.2C2H6/c1-2-7-12-10(13)8-5-3-4-6-9(8)11(14)15;2*1-2/h3-6H,2,7H2,1H3,(H,12,13)(H,14,15);2*1-2H3. The van der Waals surface area contributed by atoms with Crippen molar-refractivity contribution in [2.45, 2.75) is 41.0 Å². The summed E-state index contributed by atoms with van der Waals surface area (Å²) in [6.45, 7) is 10.5. The maximum absolute atomic E-state index is 11.6. The molecule has 0 saturated carbocycles. The van der Waals surface area contributed by atoms with Crippen molar-refractivity contribution in [2.75, 3.05) is 6.54 Å². The van der Waals surface area contributed by atoms with Crippen LogP contribution in [0.4, 0.5) is 0 Å². The van der Waals surface area contributed by atoms with Crippen molar-refractivity contribution in [1.29, 1.82) is 0 Å². The third kappa shape index (κ3) is 7.24. The summed E-state index contributed by atoms with van der Waals surface area (Å²) in [7, 11) is 0. The van der Waals surface area contributed by atoms with E-state index < -0.39 is 5.97 Å². The average molecular weight is 267 g/mol. The lowest BCUT2D eigenvalue weighted by Crippen LogP contribution is -2.25. The van der Waals surface area contributed by atoms with Crippen LogP contribution in [0.3, 0.4) is 0 Å². The van der Waals surface area contributed by atoms with Crippen molar-refractivity contribution in [2.24, 2.45) is 0 Å². The first-order valence-electron chi connectivity index (χ1n) is 6.77. The SMILES string of the molecule is CC.CC.CCCNC(=O)c1ccccc1C(=O)O. The molecule has 108 valence electrons. The van der Waals surface area contributed by atoms with Crippen LogP contribution >= 0.6 is 0 Å². The van der Waals surface area contributed by atoms with Gasteiger partial charge in [0.1, 0.15) is 0 Å². The predicted molar refractivity (Wildman–Crippen MR) is 78.7 cm³/mol. The Morgan fingerprint density at radius 2 is 1.53 bits per heavy atom. The highest BCUT2D eigenvalue weighted by Crippen LogP contribution is 2.08. The molecule has 19 heavy (non-hydrogen) atoms. The zero-order valence-corrected chi connectivity index (χ0v) is 12.5. The van der Waals surface area contributed by atoms with Gasteiger partial charge in [-0.1, -0.05) is 46.8 Å². The first-order chi connectivity index (χ1) is 9.16. The van der Waals surface area contributed by atoms with E-state index in [1.807, 2.05) is 34.6 Å². The summed E-state index contributed by atoms with van der Waals surface area (Å²) in [5, 5.41) is 11.5. The van der Waals surface area contributed by atoms with E-state index in [-0.39, 0.29) is 17.0 Å². The minimum atomic E-state index is -1.09. The Labute approximate surface area is 115 Å². The number of carbonyl (C=O) groups is 2. The van der Waals surface area contributed by atoms with Crippen molar-refractivity contribution in [3.8, 4) is 0 Å². The normalized spacial score (nSPS) is 8.26. The molecule has 0 bridgehead atoms. The fraction of sp³-hybridized carbons (Fsp3) is 0.467. The van der Waals surface area contributed by atoms with Crippen LogP contribution in [0.25, 0.3) is 0 Å². The topological polar surface area (TPSA) is 66.4 Å². The highest BCUT2D eigenvalue weighted by Gasteiger charge is 2.14. The van der Waals surface area contributed by atoms with Gasteiger partial charge >= 0.3 is 5.97 Å². The van der Waals surface area contributed by atoms with Gasteiger partial charge in [-0.3, -0.25) is 4.79 Å². The predicted octanol–water partition coefficient (Wildman–Crippen LogP) is 3.58. The molecule has 1 aromatic carbocycles. The molecule has 0 aliphatic rings. The molecule has 0 aliphatic carbocycles. The van der Waals surface area contributed by atoms with Gasteiger partial charge in [-0.2, -0.15) is 0 Å². The largest absolute Gasteiger partial charge is 0.478 e. The van der Waals surface area contributed by atoms with E-state index in [0.717, 1.165) is 6.42 Å². The van der Waals surface area contributed by atoms with E-state index in [1.54, 1.807) is 12.1 Å². The summed E-state index contributed by atoms with van der Waals surface area (Å²) in [5.41, 5.74) is 0.240. The quantitative estimate of drug-likeness (QED) is 0.876. The van der Waals surface area contributed by atoms with Crippen LogP contribution in [0.2, 0.25) is 0 Å². The molecule has 4 heteroatoms. The summed E-state index contributed by atoms with van der Waals surface area (Å²) in [6, 6.07) is 6.17. The lowest BCUT2D eigenvalue weighted by molar-refractivity contribution is 0.0691. The lowest BCUT2D eigenvalue weighted by Gasteiger charge is -2.05. The van der Waals surface area contributed by atoms with Crippen LogP contribution in [0.1, 0.15) is 61.8 Å². The second-order valence-corrected chi connectivity index (χ2v) is 3.11. The number of carbonyl (C=O) groups excluding carboxylic acids is 1. The zero-order chi connectivity index (χ0) is 15.3.